The van der Waals surface area contributed by atoms with Crippen molar-refractivity contribution >= 4 is 44.1 Å². The third-order valence-electron chi connectivity index (χ3n) is 2.37. The Morgan fingerprint density at radius 3 is 2.94 bits per heavy atom. The van der Waals surface area contributed by atoms with E-state index in [1.807, 2.05) is 18.2 Å². The van der Waals surface area contributed by atoms with Gasteiger partial charge in [-0.15, -0.1) is 0 Å². The summed E-state index contributed by atoms with van der Waals surface area (Å²) in [5, 5.41) is 5.16. The summed E-state index contributed by atoms with van der Waals surface area (Å²) < 4.78 is 0.854. The summed E-state index contributed by atoms with van der Waals surface area (Å²) in [5.74, 6) is 0. The van der Waals surface area contributed by atoms with Crippen LogP contribution in [0, 0.1) is 0 Å². The van der Waals surface area contributed by atoms with Crippen LogP contribution in [0.4, 0.5) is 5.69 Å². The molecule has 1 N–H and O–H groups in total. The normalized spacial score (nSPS) is 10.7. The molecular formula is C12H12BrClN2. The highest BCUT2D eigenvalue weighted by Gasteiger charge is 2.07. The predicted octanol–water partition coefficient (Wildman–Crippen LogP) is 4.47. The van der Waals surface area contributed by atoms with E-state index in [4.69, 9.17) is 11.6 Å². The Bertz CT molecular complexity index is 514. The second-order valence-electron chi connectivity index (χ2n) is 3.54. The van der Waals surface area contributed by atoms with E-state index in [0.29, 0.717) is 5.02 Å². The Morgan fingerprint density at radius 1 is 1.38 bits per heavy atom. The van der Waals surface area contributed by atoms with E-state index in [9.17, 15) is 0 Å². The molecule has 0 aliphatic carbocycles. The summed E-state index contributed by atoms with van der Waals surface area (Å²) in [7, 11) is 0. The van der Waals surface area contributed by atoms with Gasteiger partial charge in [-0.25, -0.2) is 0 Å². The highest BCUT2D eigenvalue weighted by atomic mass is 79.9. The quantitative estimate of drug-likeness (QED) is 0.904. The van der Waals surface area contributed by atoms with Crippen LogP contribution in [0.15, 0.2) is 28.9 Å². The molecule has 0 unspecified atom stereocenters. The number of hydrogen-bond acceptors (Lipinski definition) is 2. The lowest BCUT2D eigenvalue weighted by molar-refractivity contribution is 0.981. The van der Waals surface area contributed by atoms with Gasteiger partial charge in [-0.1, -0.05) is 18.5 Å². The van der Waals surface area contributed by atoms with Crippen molar-refractivity contribution in [3.63, 3.8) is 0 Å². The molecule has 0 saturated heterocycles. The minimum Gasteiger partial charge on any atom is -0.384 e. The van der Waals surface area contributed by atoms with Gasteiger partial charge in [0.1, 0.15) is 0 Å². The second-order valence-corrected chi connectivity index (χ2v) is 4.74. The Balaban J connectivity index is 2.56. The molecule has 16 heavy (non-hydrogen) atoms. The highest BCUT2D eigenvalue weighted by Crippen LogP contribution is 2.32. The van der Waals surface area contributed by atoms with Crippen molar-refractivity contribution < 1.29 is 0 Å². The zero-order valence-electron chi connectivity index (χ0n) is 8.93. The average Bonchev–Trinajstić information content (AvgIpc) is 2.31. The summed E-state index contributed by atoms with van der Waals surface area (Å²) in [6.07, 6.45) is 2.89. The van der Waals surface area contributed by atoms with Crippen molar-refractivity contribution in [2.75, 3.05) is 11.9 Å². The number of rotatable bonds is 3. The molecule has 0 amide bonds. The number of nitrogens with one attached hydrogen (secondary N) is 1. The molecule has 2 aromatic rings. The molecule has 1 aromatic carbocycles. The number of fused-ring (bicyclic) bond motifs is 1. The smallest absolute Gasteiger partial charge is 0.0879 e. The summed E-state index contributed by atoms with van der Waals surface area (Å²) in [5.41, 5.74) is 2.00. The molecule has 1 aromatic heterocycles. The number of aromatic nitrogens is 1. The first-order valence-electron chi connectivity index (χ1n) is 5.20. The average molecular weight is 300 g/mol. The van der Waals surface area contributed by atoms with Crippen molar-refractivity contribution in [3.05, 3.63) is 33.9 Å². The van der Waals surface area contributed by atoms with Gasteiger partial charge in [-0.05, 0) is 40.5 Å². The fourth-order valence-corrected chi connectivity index (χ4v) is 2.17. The number of benzene rings is 1. The van der Waals surface area contributed by atoms with Crippen LogP contribution in [0.3, 0.4) is 0 Å². The summed E-state index contributed by atoms with van der Waals surface area (Å²) in [6.45, 7) is 3.10. The molecule has 2 rings (SSSR count). The second kappa shape index (κ2) is 5.02. The van der Waals surface area contributed by atoms with Gasteiger partial charge in [0.25, 0.3) is 0 Å². The van der Waals surface area contributed by atoms with Gasteiger partial charge in [0, 0.05) is 23.8 Å². The Kier molecular flexibility index (Phi) is 3.66. The molecule has 0 aliphatic heterocycles. The molecule has 0 radical (unpaired) electrons. The fourth-order valence-electron chi connectivity index (χ4n) is 1.57. The fraction of sp³-hybridized carbons (Fsp3) is 0.250. The van der Waals surface area contributed by atoms with E-state index in [1.165, 1.54) is 0 Å². The number of hydrogen-bond donors (Lipinski definition) is 1. The summed E-state index contributed by atoms with van der Waals surface area (Å²) in [6, 6.07) is 5.86. The number of pyridine rings is 1. The third-order valence-corrected chi connectivity index (χ3v) is 3.72. The topological polar surface area (TPSA) is 24.9 Å². The number of anilines is 1. The van der Waals surface area contributed by atoms with Gasteiger partial charge in [0.15, 0.2) is 0 Å². The first-order valence-corrected chi connectivity index (χ1v) is 6.37. The van der Waals surface area contributed by atoms with Crippen molar-refractivity contribution in [3.8, 4) is 0 Å². The molecule has 1 heterocycles. The van der Waals surface area contributed by atoms with Crippen LogP contribution in [0.2, 0.25) is 5.02 Å². The number of nitrogens with zero attached hydrogens (tertiary/aromatic N) is 1. The molecule has 0 saturated carbocycles. The van der Waals surface area contributed by atoms with Gasteiger partial charge >= 0.3 is 0 Å². The van der Waals surface area contributed by atoms with E-state index in [1.54, 1.807) is 6.20 Å². The van der Waals surface area contributed by atoms with E-state index >= 15 is 0 Å². The number of halogens is 2. The van der Waals surface area contributed by atoms with Crippen molar-refractivity contribution in [2.45, 2.75) is 13.3 Å². The predicted molar refractivity (Wildman–Crippen MR) is 73.2 cm³/mol. The molecular weight excluding hydrogens is 288 g/mol. The van der Waals surface area contributed by atoms with Crippen LogP contribution in [-0.4, -0.2) is 11.5 Å². The lowest BCUT2D eigenvalue weighted by Crippen LogP contribution is -2.00. The van der Waals surface area contributed by atoms with Crippen molar-refractivity contribution in [2.24, 2.45) is 0 Å². The zero-order valence-corrected chi connectivity index (χ0v) is 11.3. The van der Waals surface area contributed by atoms with Gasteiger partial charge in [0.05, 0.1) is 15.0 Å². The first kappa shape index (κ1) is 11.7. The van der Waals surface area contributed by atoms with Crippen LogP contribution in [0.1, 0.15) is 13.3 Å². The van der Waals surface area contributed by atoms with E-state index < -0.39 is 0 Å². The van der Waals surface area contributed by atoms with Crippen molar-refractivity contribution in [1.29, 1.82) is 0 Å². The molecule has 0 fully saturated rings. The Hall–Kier alpha value is -0.800. The largest absolute Gasteiger partial charge is 0.384 e. The SMILES string of the molecule is CCCNc1ccnc2c(Br)c(Cl)ccc12. The standard InChI is InChI=1S/C12H12BrClN2/c1-2-6-15-10-5-7-16-12-8(10)3-4-9(14)11(12)13/h3-5,7H,2,6H2,1H3,(H,15,16). The van der Waals surface area contributed by atoms with E-state index in [2.05, 4.69) is 33.2 Å². The summed E-state index contributed by atoms with van der Waals surface area (Å²) >= 11 is 9.50. The Labute approximate surface area is 108 Å². The van der Waals surface area contributed by atoms with Gasteiger partial charge in [-0.3, -0.25) is 4.98 Å². The van der Waals surface area contributed by atoms with Gasteiger partial charge < -0.3 is 5.32 Å². The molecule has 0 bridgehead atoms. The van der Waals surface area contributed by atoms with Crippen LogP contribution < -0.4 is 5.32 Å². The van der Waals surface area contributed by atoms with Crippen LogP contribution in [0.5, 0.6) is 0 Å². The maximum absolute atomic E-state index is 6.04. The van der Waals surface area contributed by atoms with Crippen LogP contribution >= 0.6 is 27.5 Å². The van der Waals surface area contributed by atoms with Crippen molar-refractivity contribution in [1.82, 2.24) is 4.98 Å². The zero-order chi connectivity index (χ0) is 11.5. The minimum atomic E-state index is 0.688. The highest BCUT2D eigenvalue weighted by molar-refractivity contribution is 9.10. The lowest BCUT2D eigenvalue weighted by Gasteiger charge is -2.09. The Morgan fingerprint density at radius 2 is 2.19 bits per heavy atom. The summed E-state index contributed by atoms with van der Waals surface area (Å²) in [4.78, 5) is 4.34. The molecule has 0 aliphatic rings. The van der Waals surface area contributed by atoms with E-state index in [0.717, 1.165) is 34.0 Å². The first-order chi connectivity index (χ1) is 7.74. The van der Waals surface area contributed by atoms with E-state index in [-0.39, 0.29) is 0 Å². The van der Waals surface area contributed by atoms with Gasteiger partial charge in [-0.2, -0.15) is 0 Å². The monoisotopic (exact) mass is 298 g/mol. The maximum Gasteiger partial charge on any atom is 0.0879 e. The lowest BCUT2D eigenvalue weighted by atomic mass is 10.2. The maximum atomic E-state index is 6.04. The van der Waals surface area contributed by atoms with Crippen LogP contribution in [-0.2, 0) is 0 Å². The van der Waals surface area contributed by atoms with Crippen LogP contribution in [0.25, 0.3) is 10.9 Å². The molecule has 0 atom stereocenters. The molecule has 2 nitrogen and oxygen atoms in total. The third kappa shape index (κ3) is 2.15. The van der Waals surface area contributed by atoms with Gasteiger partial charge in [0.2, 0.25) is 0 Å². The molecule has 4 heteroatoms. The molecule has 0 spiro atoms. The molecule has 84 valence electrons. The minimum absolute atomic E-state index is 0.688.